The van der Waals surface area contributed by atoms with Gasteiger partial charge in [0.05, 0.1) is 0 Å². The fraction of sp³-hybridized carbons (Fsp3) is 1.00. The SMILES string of the molecule is CN1C2CCC(C2)N1S(C)=O. The first kappa shape index (κ1) is 7.71. The van der Waals surface area contributed by atoms with Crippen LogP contribution in [0.15, 0.2) is 0 Å². The average molecular weight is 174 g/mol. The third kappa shape index (κ3) is 1.04. The van der Waals surface area contributed by atoms with Crippen molar-refractivity contribution in [3.63, 3.8) is 0 Å². The fourth-order valence-corrected chi connectivity index (χ4v) is 3.39. The van der Waals surface area contributed by atoms with E-state index in [0.29, 0.717) is 12.1 Å². The topological polar surface area (TPSA) is 23.6 Å². The molecule has 11 heavy (non-hydrogen) atoms. The molecule has 3 unspecified atom stereocenters. The van der Waals surface area contributed by atoms with Gasteiger partial charge in [-0.15, -0.1) is 0 Å². The minimum absolute atomic E-state index is 0.566. The van der Waals surface area contributed by atoms with Crippen molar-refractivity contribution in [1.29, 1.82) is 0 Å². The van der Waals surface area contributed by atoms with E-state index in [1.807, 2.05) is 11.5 Å². The Balaban J connectivity index is 2.17. The molecule has 0 N–H and O–H groups in total. The van der Waals surface area contributed by atoms with Gasteiger partial charge in [0.25, 0.3) is 0 Å². The van der Waals surface area contributed by atoms with E-state index in [4.69, 9.17) is 0 Å². The Morgan fingerprint density at radius 3 is 2.36 bits per heavy atom. The van der Waals surface area contributed by atoms with Crippen LogP contribution in [0.3, 0.4) is 0 Å². The number of fused-ring (bicyclic) bond motifs is 2. The summed E-state index contributed by atoms with van der Waals surface area (Å²) in [5.41, 5.74) is 0. The second-order valence-corrected chi connectivity index (χ2v) is 4.64. The molecule has 0 spiro atoms. The summed E-state index contributed by atoms with van der Waals surface area (Å²) < 4.78 is 13.3. The van der Waals surface area contributed by atoms with E-state index in [-0.39, 0.29) is 0 Å². The smallest absolute Gasteiger partial charge is 0.105 e. The van der Waals surface area contributed by atoms with Crippen LogP contribution in [-0.2, 0) is 11.0 Å². The molecule has 2 aliphatic rings. The van der Waals surface area contributed by atoms with E-state index in [1.165, 1.54) is 19.3 Å². The van der Waals surface area contributed by atoms with Gasteiger partial charge in [0.15, 0.2) is 0 Å². The van der Waals surface area contributed by atoms with Crippen molar-refractivity contribution in [1.82, 2.24) is 9.42 Å². The summed E-state index contributed by atoms with van der Waals surface area (Å²) >= 11 is 0. The molecule has 0 aromatic heterocycles. The van der Waals surface area contributed by atoms with Crippen molar-refractivity contribution in [2.75, 3.05) is 13.3 Å². The van der Waals surface area contributed by atoms with Gasteiger partial charge in [0.2, 0.25) is 0 Å². The van der Waals surface area contributed by atoms with Gasteiger partial charge in [-0.2, -0.15) is 4.41 Å². The molecule has 3 atom stereocenters. The van der Waals surface area contributed by atoms with Gasteiger partial charge in [0, 0.05) is 25.4 Å². The Morgan fingerprint density at radius 2 is 2.00 bits per heavy atom. The Bertz CT molecular complexity index is 195. The van der Waals surface area contributed by atoms with Gasteiger partial charge in [-0.25, -0.2) is 9.22 Å². The highest BCUT2D eigenvalue weighted by Gasteiger charge is 2.43. The predicted octanol–water partition coefficient (Wildman–Crippen LogP) is 0.363. The zero-order valence-electron chi connectivity index (χ0n) is 6.99. The second-order valence-electron chi connectivity index (χ2n) is 3.42. The maximum atomic E-state index is 11.2. The molecule has 3 nitrogen and oxygen atoms in total. The Labute approximate surface area is 69.9 Å². The second kappa shape index (κ2) is 2.54. The normalized spacial score (nSPS) is 41.6. The molecule has 0 radical (unpaired) electrons. The third-order valence-corrected chi connectivity index (χ3v) is 3.88. The number of hydrazine groups is 1. The maximum Gasteiger partial charge on any atom is 0.105 e. The lowest BCUT2D eigenvalue weighted by molar-refractivity contribution is 0.0622. The van der Waals surface area contributed by atoms with Gasteiger partial charge in [-0.1, -0.05) is 0 Å². The van der Waals surface area contributed by atoms with Crippen molar-refractivity contribution in [3.05, 3.63) is 0 Å². The zero-order chi connectivity index (χ0) is 8.01. The molecule has 1 saturated carbocycles. The number of rotatable bonds is 1. The quantitative estimate of drug-likeness (QED) is 0.573. The minimum Gasteiger partial charge on any atom is -0.242 e. The first-order valence-corrected chi connectivity index (χ1v) is 5.57. The standard InChI is InChI=1S/C7H14N2OS/c1-8-6-3-4-7(5-6)9(8)11(2)10/h6-7H,3-5H2,1-2H3. The van der Waals surface area contributed by atoms with Crippen molar-refractivity contribution in [2.45, 2.75) is 31.3 Å². The van der Waals surface area contributed by atoms with Crippen molar-refractivity contribution in [2.24, 2.45) is 0 Å². The summed E-state index contributed by atoms with van der Waals surface area (Å²) in [5, 5.41) is 2.16. The predicted molar refractivity (Wildman–Crippen MR) is 45.1 cm³/mol. The van der Waals surface area contributed by atoms with Crippen LogP contribution in [0.2, 0.25) is 0 Å². The summed E-state index contributed by atoms with van der Waals surface area (Å²) in [6, 6.07) is 1.24. The molecular weight excluding hydrogens is 160 g/mol. The van der Waals surface area contributed by atoms with Crippen LogP contribution >= 0.6 is 0 Å². The minimum atomic E-state index is -0.811. The molecule has 64 valence electrons. The highest BCUT2D eigenvalue weighted by atomic mass is 32.2. The van der Waals surface area contributed by atoms with Gasteiger partial charge >= 0.3 is 0 Å². The zero-order valence-corrected chi connectivity index (χ0v) is 7.80. The summed E-state index contributed by atoms with van der Waals surface area (Å²) in [7, 11) is 1.24. The number of hydrogen-bond donors (Lipinski definition) is 0. The molecule has 1 heterocycles. The molecule has 0 amide bonds. The van der Waals surface area contributed by atoms with Gasteiger partial charge in [-0.05, 0) is 19.3 Å². The largest absolute Gasteiger partial charge is 0.242 e. The van der Waals surface area contributed by atoms with Crippen LogP contribution in [0.25, 0.3) is 0 Å². The summed E-state index contributed by atoms with van der Waals surface area (Å²) in [4.78, 5) is 0. The average Bonchev–Trinajstić information content (AvgIpc) is 2.44. The van der Waals surface area contributed by atoms with Crippen LogP contribution in [0, 0.1) is 0 Å². The molecule has 1 aliphatic heterocycles. The van der Waals surface area contributed by atoms with Gasteiger partial charge in [0.1, 0.15) is 11.0 Å². The molecule has 0 aromatic rings. The third-order valence-electron chi connectivity index (χ3n) is 2.79. The van der Waals surface area contributed by atoms with Crippen molar-refractivity contribution < 1.29 is 4.21 Å². The van der Waals surface area contributed by atoms with Crippen LogP contribution in [0.1, 0.15) is 19.3 Å². The molecule has 0 aromatic carbocycles. The first-order valence-electron chi connectivity index (χ1n) is 4.05. The molecule has 1 aliphatic carbocycles. The molecular formula is C7H14N2OS. The molecule has 2 fully saturated rings. The molecule has 1 saturated heterocycles. The monoisotopic (exact) mass is 174 g/mol. The number of hydrogen-bond acceptors (Lipinski definition) is 2. The summed E-state index contributed by atoms with van der Waals surface area (Å²) in [6.07, 6.45) is 5.50. The fourth-order valence-electron chi connectivity index (χ4n) is 2.28. The van der Waals surface area contributed by atoms with Gasteiger partial charge < -0.3 is 0 Å². The van der Waals surface area contributed by atoms with Gasteiger partial charge in [-0.3, -0.25) is 0 Å². The lowest BCUT2D eigenvalue weighted by atomic mass is 10.3. The Hall–Kier alpha value is 0.0700. The van der Waals surface area contributed by atoms with E-state index in [1.54, 1.807) is 6.26 Å². The molecule has 2 rings (SSSR count). The molecule has 4 heteroatoms. The Kier molecular flexibility index (Phi) is 1.78. The lowest BCUT2D eigenvalue weighted by Crippen LogP contribution is -2.45. The van der Waals surface area contributed by atoms with Crippen LogP contribution < -0.4 is 0 Å². The first-order chi connectivity index (χ1) is 5.20. The highest BCUT2D eigenvalue weighted by Crippen LogP contribution is 2.36. The van der Waals surface area contributed by atoms with E-state index in [0.717, 1.165) is 0 Å². The molecule has 2 bridgehead atoms. The van der Waals surface area contributed by atoms with Crippen LogP contribution in [-0.4, -0.2) is 39.0 Å². The van der Waals surface area contributed by atoms with Crippen LogP contribution in [0.5, 0.6) is 0 Å². The van der Waals surface area contributed by atoms with E-state index in [9.17, 15) is 4.21 Å². The lowest BCUT2D eigenvalue weighted by Gasteiger charge is -2.32. The maximum absolute atomic E-state index is 11.2. The van der Waals surface area contributed by atoms with E-state index < -0.39 is 11.0 Å². The van der Waals surface area contributed by atoms with Crippen molar-refractivity contribution >= 4 is 11.0 Å². The van der Waals surface area contributed by atoms with E-state index in [2.05, 4.69) is 5.01 Å². The van der Waals surface area contributed by atoms with E-state index >= 15 is 0 Å². The van der Waals surface area contributed by atoms with Crippen molar-refractivity contribution in [3.8, 4) is 0 Å². The Morgan fingerprint density at radius 1 is 1.36 bits per heavy atom. The highest BCUT2D eigenvalue weighted by molar-refractivity contribution is 7.81. The number of nitrogens with zero attached hydrogens (tertiary/aromatic N) is 2. The summed E-state index contributed by atoms with van der Waals surface area (Å²) in [6.45, 7) is 0. The summed E-state index contributed by atoms with van der Waals surface area (Å²) in [5.74, 6) is 0. The van der Waals surface area contributed by atoms with Crippen LogP contribution in [0.4, 0.5) is 0 Å².